The van der Waals surface area contributed by atoms with Gasteiger partial charge < -0.3 is 4.74 Å². The van der Waals surface area contributed by atoms with E-state index >= 15 is 0 Å². The molecule has 0 saturated heterocycles. The van der Waals surface area contributed by atoms with Crippen molar-refractivity contribution in [1.82, 2.24) is 5.73 Å². The maximum atomic E-state index is 7.12. The van der Waals surface area contributed by atoms with Crippen LogP contribution in [0, 0.1) is 0 Å². The fourth-order valence-electron chi connectivity index (χ4n) is 0.814. The number of methoxy groups -OCH3 is 1. The fourth-order valence-corrected chi connectivity index (χ4v) is 0.998. The molecular formula is C8H9ClNO. The van der Waals surface area contributed by atoms with E-state index in [-0.39, 0.29) is 6.54 Å². The minimum Gasteiger partial charge on any atom is -0.497 e. The minimum atomic E-state index is 0.191. The van der Waals surface area contributed by atoms with E-state index in [1.807, 2.05) is 0 Å². The van der Waals surface area contributed by atoms with Gasteiger partial charge in [-0.3, -0.25) is 5.73 Å². The summed E-state index contributed by atoms with van der Waals surface area (Å²) in [5, 5.41) is 0.626. The van der Waals surface area contributed by atoms with Gasteiger partial charge >= 0.3 is 0 Å². The molecular weight excluding hydrogens is 162 g/mol. The molecule has 59 valence electrons. The van der Waals surface area contributed by atoms with Crippen LogP contribution in [0.25, 0.3) is 0 Å². The van der Waals surface area contributed by atoms with Crippen molar-refractivity contribution in [1.29, 1.82) is 0 Å². The summed E-state index contributed by atoms with van der Waals surface area (Å²) in [5.74, 6) is 0.747. The predicted molar refractivity (Wildman–Crippen MR) is 44.8 cm³/mol. The van der Waals surface area contributed by atoms with Crippen LogP contribution in [0.2, 0.25) is 5.02 Å². The van der Waals surface area contributed by atoms with Crippen LogP contribution in [0.3, 0.4) is 0 Å². The van der Waals surface area contributed by atoms with Gasteiger partial charge in [0.1, 0.15) is 5.75 Å². The van der Waals surface area contributed by atoms with E-state index in [1.165, 1.54) is 0 Å². The van der Waals surface area contributed by atoms with Crippen molar-refractivity contribution < 1.29 is 4.74 Å². The molecule has 1 aromatic rings. The summed E-state index contributed by atoms with van der Waals surface area (Å²) in [4.78, 5) is 0. The molecule has 0 bridgehead atoms. The van der Waals surface area contributed by atoms with Gasteiger partial charge in [0.15, 0.2) is 0 Å². The monoisotopic (exact) mass is 170 g/mol. The third kappa shape index (κ3) is 1.85. The van der Waals surface area contributed by atoms with Crippen LogP contribution < -0.4 is 10.5 Å². The Morgan fingerprint density at radius 1 is 1.55 bits per heavy atom. The molecule has 0 atom stereocenters. The fraction of sp³-hybridized carbons (Fsp3) is 0.250. The van der Waals surface area contributed by atoms with E-state index in [0.29, 0.717) is 5.02 Å². The third-order valence-electron chi connectivity index (χ3n) is 1.44. The Kier molecular flexibility index (Phi) is 2.74. The first-order valence-corrected chi connectivity index (χ1v) is 3.62. The molecule has 1 N–H and O–H groups in total. The molecule has 11 heavy (non-hydrogen) atoms. The molecule has 0 aliphatic carbocycles. The standard InChI is InChI=1S/C8H9ClNO/c1-11-7-2-3-8(9)6(4-7)5-10/h2-4,10H,5H2,1H3. The lowest BCUT2D eigenvalue weighted by molar-refractivity contribution is 0.414. The van der Waals surface area contributed by atoms with Gasteiger partial charge in [0.05, 0.1) is 7.11 Å². The summed E-state index contributed by atoms with van der Waals surface area (Å²) in [6.07, 6.45) is 0. The van der Waals surface area contributed by atoms with Gasteiger partial charge in [-0.15, -0.1) is 0 Å². The molecule has 0 aromatic heterocycles. The molecule has 1 aromatic carbocycles. The topological polar surface area (TPSA) is 33.0 Å². The van der Waals surface area contributed by atoms with Crippen LogP contribution in [-0.2, 0) is 6.54 Å². The van der Waals surface area contributed by atoms with Gasteiger partial charge in [-0.25, -0.2) is 0 Å². The first-order valence-electron chi connectivity index (χ1n) is 3.25. The van der Waals surface area contributed by atoms with E-state index in [0.717, 1.165) is 11.3 Å². The maximum Gasteiger partial charge on any atom is 0.119 e. The van der Waals surface area contributed by atoms with E-state index < -0.39 is 0 Å². The maximum absolute atomic E-state index is 7.12. The molecule has 0 amide bonds. The van der Waals surface area contributed by atoms with Crippen molar-refractivity contribution >= 4 is 11.6 Å². The van der Waals surface area contributed by atoms with Crippen molar-refractivity contribution in [2.24, 2.45) is 0 Å². The summed E-state index contributed by atoms with van der Waals surface area (Å²) >= 11 is 5.78. The largest absolute Gasteiger partial charge is 0.497 e. The summed E-state index contributed by atoms with van der Waals surface area (Å²) in [6, 6.07) is 5.29. The van der Waals surface area contributed by atoms with Gasteiger partial charge in [0, 0.05) is 11.6 Å². The number of halogens is 1. The van der Waals surface area contributed by atoms with Gasteiger partial charge in [-0.1, -0.05) is 11.6 Å². The van der Waals surface area contributed by atoms with Gasteiger partial charge in [-0.05, 0) is 23.8 Å². The smallest absolute Gasteiger partial charge is 0.119 e. The molecule has 0 spiro atoms. The first kappa shape index (κ1) is 8.37. The van der Waals surface area contributed by atoms with Gasteiger partial charge in [-0.2, -0.15) is 0 Å². The minimum absolute atomic E-state index is 0.191. The Labute approximate surface area is 70.9 Å². The normalized spacial score (nSPS) is 9.73. The molecule has 3 heteroatoms. The molecule has 0 saturated carbocycles. The van der Waals surface area contributed by atoms with E-state index in [1.54, 1.807) is 25.3 Å². The van der Waals surface area contributed by atoms with E-state index in [9.17, 15) is 0 Å². The quantitative estimate of drug-likeness (QED) is 0.670. The third-order valence-corrected chi connectivity index (χ3v) is 1.81. The Morgan fingerprint density at radius 3 is 2.82 bits per heavy atom. The Morgan fingerprint density at radius 2 is 2.27 bits per heavy atom. The molecule has 0 unspecified atom stereocenters. The zero-order valence-corrected chi connectivity index (χ0v) is 6.98. The van der Waals surface area contributed by atoms with Crippen LogP contribution in [0.5, 0.6) is 5.75 Å². The van der Waals surface area contributed by atoms with Crippen molar-refractivity contribution in [3.8, 4) is 5.75 Å². The van der Waals surface area contributed by atoms with Crippen LogP contribution in [-0.4, -0.2) is 7.11 Å². The zero-order chi connectivity index (χ0) is 8.27. The number of rotatable bonds is 2. The molecule has 0 aliphatic heterocycles. The average Bonchev–Trinajstić information content (AvgIpc) is 2.05. The summed E-state index contributed by atoms with van der Waals surface area (Å²) in [5.41, 5.74) is 7.91. The number of hydrogen-bond donors (Lipinski definition) is 0. The second-order valence-corrected chi connectivity index (χ2v) is 2.54. The van der Waals surface area contributed by atoms with Crippen LogP contribution in [0.15, 0.2) is 18.2 Å². The molecule has 0 fully saturated rings. The number of nitrogens with one attached hydrogen (secondary N) is 1. The van der Waals surface area contributed by atoms with Gasteiger partial charge in [0.2, 0.25) is 0 Å². The molecule has 1 radical (unpaired) electrons. The number of benzene rings is 1. The lowest BCUT2D eigenvalue weighted by Gasteiger charge is -2.03. The summed E-state index contributed by atoms with van der Waals surface area (Å²) < 4.78 is 4.97. The summed E-state index contributed by atoms with van der Waals surface area (Å²) in [7, 11) is 1.59. The second-order valence-electron chi connectivity index (χ2n) is 2.13. The predicted octanol–water partition coefficient (Wildman–Crippen LogP) is 2.13. The molecule has 0 aliphatic rings. The zero-order valence-electron chi connectivity index (χ0n) is 6.23. The Balaban J connectivity index is 3.02. The molecule has 2 nitrogen and oxygen atoms in total. The van der Waals surface area contributed by atoms with Crippen molar-refractivity contribution in [2.45, 2.75) is 6.54 Å². The molecule has 1 rings (SSSR count). The number of ether oxygens (including phenoxy) is 1. The lowest BCUT2D eigenvalue weighted by Crippen LogP contribution is -1.89. The van der Waals surface area contributed by atoms with Crippen molar-refractivity contribution in [2.75, 3.05) is 7.11 Å². The van der Waals surface area contributed by atoms with E-state index in [2.05, 4.69) is 0 Å². The SMILES string of the molecule is COc1ccc(Cl)c(C[NH])c1. The van der Waals surface area contributed by atoms with Crippen molar-refractivity contribution in [3.05, 3.63) is 28.8 Å². The van der Waals surface area contributed by atoms with E-state index in [4.69, 9.17) is 22.1 Å². The Hall–Kier alpha value is -0.730. The average molecular weight is 171 g/mol. The first-order chi connectivity index (χ1) is 5.27. The second kappa shape index (κ2) is 3.60. The highest BCUT2D eigenvalue weighted by atomic mass is 35.5. The molecule has 0 heterocycles. The highest BCUT2D eigenvalue weighted by molar-refractivity contribution is 6.31. The summed E-state index contributed by atoms with van der Waals surface area (Å²) in [6.45, 7) is 0.191. The van der Waals surface area contributed by atoms with Crippen molar-refractivity contribution in [3.63, 3.8) is 0 Å². The number of hydrogen-bond acceptors (Lipinski definition) is 1. The van der Waals surface area contributed by atoms with Crippen LogP contribution in [0.1, 0.15) is 5.56 Å². The highest BCUT2D eigenvalue weighted by Crippen LogP contribution is 2.21. The van der Waals surface area contributed by atoms with Crippen LogP contribution in [0.4, 0.5) is 0 Å². The van der Waals surface area contributed by atoms with Crippen LogP contribution >= 0.6 is 11.6 Å². The highest BCUT2D eigenvalue weighted by Gasteiger charge is 1.99. The Bertz CT molecular complexity index is 250. The van der Waals surface area contributed by atoms with Gasteiger partial charge in [0.25, 0.3) is 0 Å². The lowest BCUT2D eigenvalue weighted by atomic mass is 10.2.